The van der Waals surface area contributed by atoms with Gasteiger partial charge in [-0.3, -0.25) is 0 Å². The van der Waals surface area contributed by atoms with Gasteiger partial charge in [0.25, 0.3) is 0 Å². The smallest absolute Gasteiger partial charge is 0.0139 e. The van der Waals surface area contributed by atoms with Gasteiger partial charge in [0.2, 0.25) is 0 Å². The molecule has 6 fully saturated rings. The molecule has 28 heavy (non-hydrogen) atoms. The van der Waals surface area contributed by atoms with E-state index in [1.165, 1.54) is 0 Å². The lowest BCUT2D eigenvalue weighted by atomic mass is 8.89. The first-order valence-corrected chi connectivity index (χ1v) is 12.0. The molecule has 6 rings (SSSR count). The van der Waals surface area contributed by atoms with Crippen molar-refractivity contribution < 1.29 is 0 Å². The molecule has 0 atom stereocenters. The van der Waals surface area contributed by atoms with Gasteiger partial charge in [-0.05, 0) is 65.0 Å². The molecule has 0 nitrogen and oxygen atoms in total. The standard InChI is InChI=1S/C28H48/c1-17(2)21(9)23(11)18(3,4)24(12)22(17,10)26(14)19(5,6)25(21,13)27(23,15)20(7,8)28(24,26)16/h1-16H3. The van der Waals surface area contributed by atoms with Crippen molar-refractivity contribution in [2.45, 2.75) is 111 Å². The predicted octanol–water partition coefficient (Wildman–Crippen LogP) is 8.21. The molecule has 0 spiro atoms. The van der Waals surface area contributed by atoms with Crippen LogP contribution < -0.4 is 0 Å². The third-order valence-electron chi connectivity index (χ3n) is 18.0. The Labute approximate surface area is 176 Å². The molecule has 6 aliphatic rings. The molecule has 0 N–H and O–H groups in total. The van der Waals surface area contributed by atoms with E-state index >= 15 is 0 Å². The third-order valence-corrected chi connectivity index (χ3v) is 18.0. The second-order valence-corrected chi connectivity index (χ2v) is 15.5. The SMILES string of the molecule is CC1(C)C2(C)C3(C)C(C)(C)C4(C)C1(C)C1(C)C(C)(C)C2(C)C3(C)C(C)(C)C41C. The molecule has 0 heterocycles. The van der Waals surface area contributed by atoms with Crippen molar-refractivity contribution in [1.29, 1.82) is 0 Å². The van der Waals surface area contributed by atoms with Crippen LogP contribution in [0.15, 0.2) is 0 Å². The fourth-order valence-electron chi connectivity index (χ4n) is 15.9. The maximum absolute atomic E-state index is 2.74. The Morgan fingerprint density at radius 3 is 0.321 bits per heavy atom. The van der Waals surface area contributed by atoms with Crippen LogP contribution in [-0.2, 0) is 0 Å². The van der Waals surface area contributed by atoms with Crippen LogP contribution in [-0.4, -0.2) is 0 Å². The number of hydrogen-bond acceptors (Lipinski definition) is 0. The van der Waals surface area contributed by atoms with Gasteiger partial charge in [-0.15, -0.1) is 0 Å². The second kappa shape index (κ2) is 3.52. The van der Waals surface area contributed by atoms with Crippen molar-refractivity contribution in [3.8, 4) is 0 Å². The average molecular weight is 385 g/mol. The first kappa shape index (κ1) is 19.9. The molecule has 0 saturated heterocycles. The monoisotopic (exact) mass is 384 g/mol. The van der Waals surface area contributed by atoms with Gasteiger partial charge in [-0.1, -0.05) is 111 Å². The normalized spacial score (nSPS) is 70.3. The summed E-state index contributed by atoms with van der Waals surface area (Å²) in [7, 11) is 0. The average Bonchev–Trinajstić information content (AvgIpc) is 2.58. The highest BCUT2D eigenvalue weighted by Crippen LogP contribution is 3.16. The summed E-state index contributed by atoms with van der Waals surface area (Å²) in [5, 5.41) is 0. The van der Waals surface area contributed by atoms with Gasteiger partial charge >= 0.3 is 0 Å². The lowest BCUT2D eigenvalue weighted by Crippen LogP contribution is -3.11. The lowest BCUT2D eigenvalue weighted by Gasteiger charge is -3.14. The predicted molar refractivity (Wildman–Crippen MR) is 120 cm³/mol. The van der Waals surface area contributed by atoms with Crippen LogP contribution in [0.2, 0.25) is 0 Å². The van der Waals surface area contributed by atoms with Crippen molar-refractivity contribution in [3.05, 3.63) is 0 Å². The summed E-state index contributed by atoms with van der Waals surface area (Å²) in [6.45, 7) is 43.3. The van der Waals surface area contributed by atoms with Crippen molar-refractivity contribution in [2.75, 3.05) is 0 Å². The van der Waals surface area contributed by atoms with Crippen molar-refractivity contribution >= 4 is 0 Å². The van der Waals surface area contributed by atoms with Crippen molar-refractivity contribution in [1.82, 2.24) is 0 Å². The highest BCUT2D eigenvalue weighted by Gasteiger charge is 3.12. The molecule has 0 heteroatoms. The Hall–Kier alpha value is 0. The highest BCUT2D eigenvalue weighted by atomic mass is 15.2. The summed E-state index contributed by atoms with van der Waals surface area (Å²) < 4.78 is 0. The van der Waals surface area contributed by atoms with E-state index in [9.17, 15) is 0 Å². The summed E-state index contributed by atoms with van der Waals surface area (Å²) in [5.41, 5.74) is 3.65. The summed E-state index contributed by atoms with van der Waals surface area (Å²) in [4.78, 5) is 0. The molecule has 0 aliphatic heterocycles. The summed E-state index contributed by atoms with van der Waals surface area (Å²) in [5.74, 6) is 0. The Morgan fingerprint density at radius 2 is 0.250 bits per heavy atom. The second-order valence-electron chi connectivity index (χ2n) is 15.5. The van der Waals surface area contributed by atoms with E-state index in [0.29, 0.717) is 65.0 Å². The topological polar surface area (TPSA) is 0 Å². The van der Waals surface area contributed by atoms with Gasteiger partial charge in [-0.2, -0.15) is 0 Å². The molecule has 0 unspecified atom stereocenters. The van der Waals surface area contributed by atoms with E-state index in [1.54, 1.807) is 0 Å². The zero-order valence-electron chi connectivity index (χ0n) is 22.0. The minimum atomic E-state index is 0.299. The van der Waals surface area contributed by atoms with E-state index in [0.717, 1.165) is 0 Å². The molecule has 160 valence electrons. The highest BCUT2D eigenvalue weighted by molar-refractivity contribution is 5.58. The summed E-state index contributed by atoms with van der Waals surface area (Å²) in [6.07, 6.45) is 0. The molecule has 0 aromatic rings. The molecular weight excluding hydrogens is 336 g/mol. The molecule has 6 saturated carbocycles. The molecule has 0 aromatic heterocycles. The third kappa shape index (κ3) is 0.784. The first-order valence-electron chi connectivity index (χ1n) is 12.0. The van der Waals surface area contributed by atoms with Crippen molar-refractivity contribution in [2.24, 2.45) is 65.0 Å². The van der Waals surface area contributed by atoms with E-state index in [-0.39, 0.29) is 0 Å². The summed E-state index contributed by atoms with van der Waals surface area (Å²) >= 11 is 0. The maximum atomic E-state index is 2.74. The number of rotatable bonds is 0. The molecule has 6 aliphatic carbocycles. The lowest BCUT2D eigenvalue weighted by molar-refractivity contribution is -0.682. The van der Waals surface area contributed by atoms with Crippen LogP contribution in [0.1, 0.15) is 111 Å². The minimum absolute atomic E-state index is 0.299. The van der Waals surface area contributed by atoms with E-state index < -0.39 is 0 Å². The largest absolute Gasteiger partial charge is 0.0588 e. The molecular formula is C28H48. The zero-order valence-corrected chi connectivity index (χ0v) is 22.0. The van der Waals surface area contributed by atoms with Crippen LogP contribution in [0.25, 0.3) is 0 Å². The van der Waals surface area contributed by atoms with Crippen LogP contribution in [0.4, 0.5) is 0 Å². The van der Waals surface area contributed by atoms with Crippen LogP contribution in [0.5, 0.6) is 0 Å². The van der Waals surface area contributed by atoms with Crippen LogP contribution in [0, 0.1) is 65.0 Å². The number of hydrogen-bond donors (Lipinski definition) is 0. The van der Waals surface area contributed by atoms with Gasteiger partial charge < -0.3 is 0 Å². The summed E-state index contributed by atoms with van der Waals surface area (Å²) in [6, 6.07) is 0. The fraction of sp³-hybridized carbons (Fsp3) is 1.00. The maximum Gasteiger partial charge on any atom is -0.0139 e. The minimum Gasteiger partial charge on any atom is -0.0588 e. The Bertz CT molecular complexity index is 632. The van der Waals surface area contributed by atoms with E-state index in [2.05, 4.69) is 111 Å². The van der Waals surface area contributed by atoms with E-state index in [1.807, 2.05) is 0 Å². The Morgan fingerprint density at radius 1 is 0.179 bits per heavy atom. The van der Waals surface area contributed by atoms with Gasteiger partial charge in [0.15, 0.2) is 0 Å². The zero-order chi connectivity index (χ0) is 22.0. The van der Waals surface area contributed by atoms with Crippen molar-refractivity contribution in [3.63, 3.8) is 0 Å². The van der Waals surface area contributed by atoms with Crippen LogP contribution in [0.3, 0.4) is 0 Å². The fourth-order valence-corrected chi connectivity index (χ4v) is 15.9. The quantitative estimate of drug-likeness (QED) is 0.394. The van der Waals surface area contributed by atoms with Gasteiger partial charge in [0.1, 0.15) is 0 Å². The molecule has 8 bridgehead atoms. The van der Waals surface area contributed by atoms with Gasteiger partial charge in [-0.25, -0.2) is 0 Å². The van der Waals surface area contributed by atoms with Gasteiger partial charge in [0, 0.05) is 0 Å². The van der Waals surface area contributed by atoms with E-state index in [4.69, 9.17) is 0 Å². The molecule has 0 radical (unpaired) electrons. The van der Waals surface area contributed by atoms with Gasteiger partial charge in [0.05, 0.1) is 0 Å². The Kier molecular flexibility index (Phi) is 2.51. The molecule has 0 amide bonds. The Balaban J connectivity index is 2.14. The van der Waals surface area contributed by atoms with Crippen LogP contribution >= 0.6 is 0 Å². The first-order chi connectivity index (χ1) is 12.0. The molecule has 0 aromatic carbocycles.